The second kappa shape index (κ2) is 6.36. The second-order valence-corrected chi connectivity index (χ2v) is 5.97. The van der Waals surface area contributed by atoms with E-state index in [0.29, 0.717) is 17.8 Å². The van der Waals surface area contributed by atoms with Crippen LogP contribution in [0.2, 0.25) is 0 Å². The molecule has 6 heteroatoms. The first-order valence-corrected chi connectivity index (χ1v) is 7.85. The molecule has 22 heavy (non-hydrogen) atoms. The number of hydrogen-bond acceptors (Lipinski definition) is 4. The molecule has 0 aliphatic carbocycles. The van der Waals surface area contributed by atoms with Crippen molar-refractivity contribution in [3.8, 4) is 0 Å². The summed E-state index contributed by atoms with van der Waals surface area (Å²) in [5.74, 6) is -0.485. The molecule has 2 amide bonds. The molecule has 0 bridgehead atoms. The van der Waals surface area contributed by atoms with E-state index >= 15 is 0 Å². The van der Waals surface area contributed by atoms with Crippen molar-refractivity contribution in [2.45, 2.75) is 19.3 Å². The Morgan fingerprint density at radius 2 is 2.05 bits per heavy atom. The lowest BCUT2D eigenvalue weighted by molar-refractivity contribution is -0.119. The maximum absolute atomic E-state index is 12.4. The molecule has 1 aromatic rings. The highest BCUT2D eigenvalue weighted by atomic mass is 16.2. The van der Waals surface area contributed by atoms with Gasteiger partial charge in [0.05, 0.1) is 17.3 Å². The molecule has 2 saturated heterocycles. The number of rotatable bonds is 4. The van der Waals surface area contributed by atoms with Gasteiger partial charge < -0.3 is 21.3 Å². The number of anilines is 2. The summed E-state index contributed by atoms with van der Waals surface area (Å²) in [6.45, 7) is 3.53. The van der Waals surface area contributed by atoms with Gasteiger partial charge in [-0.15, -0.1) is 0 Å². The first kappa shape index (κ1) is 14.8. The van der Waals surface area contributed by atoms with Gasteiger partial charge in [-0.05, 0) is 44.0 Å². The van der Waals surface area contributed by atoms with E-state index in [2.05, 4.69) is 15.5 Å². The minimum absolute atomic E-state index is 0.00654. The van der Waals surface area contributed by atoms with Crippen molar-refractivity contribution in [3.63, 3.8) is 0 Å². The van der Waals surface area contributed by atoms with Crippen LogP contribution in [0.15, 0.2) is 18.2 Å². The zero-order chi connectivity index (χ0) is 15.5. The zero-order valence-corrected chi connectivity index (χ0v) is 12.6. The van der Waals surface area contributed by atoms with Crippen molar-refractivity contribution in [2.75, 3.05) is 36.4 Å². The molecule has 2 heterocycles. The molecule has 1 aromatic carbocycles. The van der Waals surface area contributed by atoms with Crippen LogP contribution in [0.4, 0.5) is 11.4 Å². The smallest absolute Gasteiger partial charge is 0.248 e. The highest BCUT2D eigenvalue weighted by Gasteiger charge is 2.24. The summed E-state index contributed by atoms with van der Waals surface area (Å²) in [7, 11) is 0. The third-order valence-corrected chi connectivity index (χ3v) is 4.42. The van der Waals surface area contributed by atoms with Crippen molar-refractivity contribution in [1.29, 1.82) is 0 Å². The van der Waals surface area contributed by atoms with Crippen molar-refractivity contribution < 1.29 is 9.59 Å². The van der Waals surface area contributed by atoms with E-state index in [-0.39, 0.29) is 11.8 Å². The van der Waals surface area contributed by atoms with Gasteiger partial charge in [0.25, 0.3) is 0 Å². The van der Waals surface area contributed by atoms with Crippen LogP contribution < -0.4 is 21.3 Å². The zero-order valence-electron chi connectivity index (χ0n) is 12.6. The van der Waals surface area contributed by atoms with Gasteiger partial charge in [0.15, 0.2) is 0 Å². The number of carbonyl (C=O) groups is 2. The van der Waals surface area contributed by atoms with Crippen LogP contribution in [0.5, 0.6) is 0 Å². The van der Waals surface area contributed by atoms with Gasteiger partial charge in [0.1, 0.15) is 0 Å². The van der Waals surface area contributed by atoms with E-state index in [1.54, 1.807) is 12.1 Å². The van der Waals surface area contributed by atoms with Crippen molar-refractivity contribution >= 4 is 23.2 Å². The third-order valence-electron chi connectivity index (χ3n) is 4.42. The molecule has 2 fully saturated rings. The molecule has 3 rings (SSSR count). The summed E-state index contributed by atoms with van der Waals surface area (Å²) in [5.41, 5.74) is 7.45. The van der Waals surface area contributed by atoms with Gasteiger partial charge >= 0.3 is 0 Å². The Bertz CT molecular complexity index is 576. The van der Waals surface area contributed by atoms with Crippen LogP contribution in [0.3, 0.4) is 0 Å². The predicted octanol–water partition coefficient (Wildman–Crippen LogP) is 0.934. The van der Waals surface area contributed by atoms with E-state index in [9.17, 15) is 9.59 Å². The number of hydrogen-bond donors (Lipinski definition) is 3. The number of benzene rings is 1. The van der Waals surface area contributed by atoms with Crippen LogP contribution in [-0.2, 0) is 4.79 Å². The number of nitrogens with two attached hydrogens (primary N) is 1. The van der Waals surface area contributed by atoms with E-state index in [4.69, 9.17) is 5.73 Å². The Hall–Kier alpha value is -2.08. The van der Waals surface area contributed by atoms with Gasteiger partial charge in [-0.2, -0.15) is 0 Å². The highest BCUT2D eigenvalue weighted by Crippen LogP contribution is 2.30. The number of amides is 2. The molecular formula is C16H22N4O2. The summed E-state index contributed by atoms with van der Waals surface area (Å²) >= 11 is 0. The maximum Gasteiger partial charge on any atom is 0.248 e. The Kier molecular flexibility index (Phi) is 4.29. The van der Waals surface area contributed by atoms with Crippen LogP contribution in [0, 0.1) is 5.92 Å². The molecule has 2 aliphatic heterocycles. The summed E-state index contributed by atoms with van der Waals surface area (Å²) in [6, 6.07) is 5.30. The summed E-state index contributed by atoms with van der Waals surface area (Å²) in [5, 5.41) is 6.19. The van der Waals surface area contributed by atoms with E-state index in [1.807, 2.05) is 6.07 Å². The van der Waals surface area contributed by atoms with Gasteiger partial charge in [-0.1, -0.05) is 0 Å². The first-order chi connectivity index (χ1) is 10.6. The van der Waals surface area contributed by atoms with Gasteiger partial charge in [0.2, 0.25) is 11.8 Å². The average Bonchev–Trinajstić information content (AvgIpc) is 3.20. The number of primary amides is 1. The van der Waals surface area contributed by atoms with E-state index < -0.39 is 5.91 Å². The summed E-state index contributed by atoms with van der Waals surface area (Å²) in [6.07, 6.45) is 3.15. The van der Waals surface area contributed by atoms with E-state index in [0.717, 1.165) is 44.6 Å². The van der Waals surface area contributed by atoms with Crippen molar-refractivity contribution in [2.24, 2.45) is 11.7 Å². The Morgan fingerprint density at radius 1 is 1.27 bits per heavy atom. The first-order valence-electron chi connectivity index (χ1n) is 7.85. The molecule has 2 aliphatic rings. The standard InChI is InChI=1S/C16H22N4O2/c17-15(21)11-3-4-14(20-7-1-2-8-20)13(9-11)19-16(22)12-5-6-18-10-12/h3-4,9,12,18H,1-2,5-8,10H2,(H2,17,21)(H,19,22). The molecule has 6 nitrogen and oxygen atoms in total. The summed E-state index contributed by atoms with van der Waals surface area (Å²) in [4.78, 5) is 26.0. The van der Waals surface area contributed by atoms with Crippen LogP contribution in [0.1, 0.15) is 29.6 Å². The predicted molar refractivity (Wildman–Crippen MR) is 86.0 cm³/mol. The quantitative estimate of drug-likeness (QED) is 0.772. The number of nitrogens with zero attached hydrogens (tertiary/aromatic N) is 1. The van der Waals surface area contributed by atoms with E-state index in [1.165, 1.54) is 0 Å². The van der Waals surface area contributed by atoms with Crippen molar-refractivity contribution in [3.05, 3.63) is 23.8 Å². The topological polar surface area (TPSA) is 87.5 Å². The second-order valence-electron chi connectivity index (χ2n) is 5.97. The Labute approximate surface area is 130 Å². The third kappa shape index (κ3) is 3.06. The SMILES string of the molecule is NC(=O)c1ccc(N2CCCC2)c(NC(=O)C2CCNC2)c1. The minimum atomic E-state index is -0.481. The normalized spacial score (nSPS) is 21.1. The van der Waals surface area contributed by atoms with Gasteiger partial charge in [-0.3, -0.25) is 9.59 Å². The molecule has 0 radical (unpaired) electrons. The van der Waals surface area contributed by atoms with Crippen LogP contribution >= 0.6 is 0 Å². The highest BCUT2D eigenvalue weighted by molar-refractivity contribution is 6.00. The monoisotopic (exact) mass is 302 g/mol. The molecule has 118 valence electrons. The Balaban J connectivity index is 1.86. The molecule has 0 spiro atoms. The average molecular weight is 302 g/mol. The fourth-order valence-corrected chi connectivity index (χ4v) is 3.14. The number of carbonyl (C=O) groups excluding carboxylic acids is 2. The lowest BCUT2D eigenvalue weighted by Crippen LogP contribution is -2.27. The number of nitrogens with one attached hydrogen (secondary N) is 2. The molecule has 4 N–H and O–H groups in total. The molecule has 1 unspecified atom stereocenters. The van der Waals surface area contributed by atoms with Crippen LogP contribution in [-0.4, -0.2) is 38.0 Å². The molecular weight excluding hydrogens is 280 g/mol. The molecule has 0 saturated carbocycles. The lowest BCUT2D eigenvalue weighted by atomic mass is 10.1. The van der Waals surface area contributed by atoms with Crippen molar-refractivity contribution in [1.82, 2.24) is 5.32 Å². The van der Waals surface area contributed by atoms with Crippen LogP contribution in [0.25, 0.3) is 0 Å². The molecule has 0 aromatic heterocycles. The lowest BCUT2D eigenvalue weighted by Gasteiger charge is -2.23. The van der Waals surface area contributed by atoms with Gasteiger partial charge in [-0.25, -0.2) is 0 Å². The molecule has 1 atom stereocenters. The maximum atomic E-state index is 12.4. The summed E-state index contributed by atoms with van der Waals surface area (Å²) < 4.78 is 0. The largest absolute Gasteiger partial charge is 0.370 e. The Morgan fingerprint density at radius 3 is 2.68 bits per heavy atom. The van der Waals surface area contributed by atoms with Gasteiger partial charge in [0, 0.05) is 25.2 Å². The minimum Gasteiger partial charge on any atom is -0.370 e. The fourth-order valence-electron chi connectivity index (χ4n) is 3.14. The fraction of sp³-hybridized carbons (Fsp3) is 0.500.